The molecule has 3 aliphatic carbocycles. The molecule has 0 amide bonds. The molecule has 4 rings (SSSR count). The summed E-state index contributed by atoms with van der Waals surface area (Å²) >= 11 is 0. The fourth-order valence-corrected chi connectivity index (χ4v) is 3.66. The van der Waals surface area contributed by atoms with Crippen molar-refractivity contribution in [2.75, 3.05) is 0 Å². The molecule has 3 heteroatoms. The molecule has 3 nitrogen and oxygen atoms in total. The molecule has 3 aliphatic rings. The molecular weight excluding hydrogens is 222 g/mol. The molecule has 2 N–H and O–H groups in total. The second kappa shape index (κ2) is 3.83. The maximum Gasteiger partial charge on any atom is 0.0991 e. The van der Waals surface area contributed by atoms with Crippen LogP contribution in [0.15, 0.2) is 24.3 Å². The molecule has 0 radical (unpaired) electrons. The summed E-state index contributed by atoms with van der Waals surface area (Å²) in [5, 5.41) is 17.6. The van der Waals surface area contributed by atoms with Gasteiger partial charge in [-0.15, -0.1) is 0 Å². The van der Waals surface area contributed by atoms with Crippen LogP contribution in [0.2, 0.25) is 0 Å². The predicted molar refractivity (Wildman–Crippen MR) is 67.3 cm³/mol. The summed E-state index contributed by atoms with van der Waals surface area (Å²) in [5.41, 5.74) is 8.02. The van der Waals surface area contributed by atoms with Crippen LogP contribution >= 0.6 is 0 Å². The molecule has 2 unspecified atom stereocenters. The molecule has 18 heavy (non-hydrogen) atoms. The molecule has 3 fully saturated rings. The van der Waals surface area contributed by atoms with Gasteiger partial charge in [0.15, 0.2) is 0 Å². The van der Waals surface area contributed by atoms with E-state index < -0.39 is 0 Å². The van der Waals surface area contributed by atoms with Crippen LogP contribution in [0.3, 0.4) is 0 Å². The van der Waals surface area contributed by atoms with E-state index >= 15 is 0 Å². The standard InChI is InChI=1S/C15H15N3/c16-8-10-1-3-12(4-2-10)15-6-11(7-15)14(15)5-13(18)9-17/h1-4,11,13-14H,5-7,18H2. The first-order chi connectivity index (χ1) is 8.69. The highest BCUT2D eigenvalue weighted by molar-refractivity contribution is 5.41. The van der Waals surface area contributed by atoms with Crippen molar-refractivity contribution in [2.45, 2.75) is 30.7 Å². The maximum absolute atomic E-state index is 8.82. The van der Waals surface area contributed by atoms with Crippen molar-refractivity contribution >= 4 is 0 Å². The fraction of sp³-hybridized carbons (Fsp3) is 0.467. The van der Waals surface area contributed by atoms with Crippen LogP contribution < -0.4 is 5.73 Å². The fourth-order valence-electron chi connectivity index (χ4n) is 3.66. The Balaban J connectivity index is 1.80. The third kappa shape index (κ3) is 1.38. The van der Waals surface area contributed by atoms with Crippen molar-refractivity contribution in [3.63, 3.8) is 0 Å². The van der Waals surface area contributed by atoms with Crippen molar-refractivity contribution < 1.29 is 0 Å². The zero-order valence-corrected chi connectivity index (χ0v) is 10.1. The zero-order valence-electron chi connectivity index (χ0n) is 10.1. The Bertz CT molecular complexity index is 541. The third-order valence-electron chi connectivity index (χ3n) is 4.79. The van der Waals surface area contributed by atoms with Crippen molar-refractivity contribution in [3.8, 4) is 12.1 Å². The Labute approximate surface area is 107 Å². The number of hydrogen-bond acceptors (Lipinski definition) is 3. The van der Waals surface area contributed by atoms with Crippen LogP contribution in [0.1, 0.15) is 30.4 Å². The van der Waals surface area contributed by atoms with Gasteiger partial charge in [0.05, 0.1) is 23.7 Å². The first kappa shape index (κ1) is 11.3. The van der Waals surface area contributed by atoms with Crippen LogP contribution in [0, 0.1) is 34.5 Å². The van der Waals surface area contributed by atoms with Gasteiger partial charge in [0.1, 0.15) is 0 Å². The largest absolute Gasteiger partial charge is 0.316 e. The number of nitrogens with zero attached hydrogens (tertiary/aromatic N) is 2. The van der Waals surface area contributed by atoms with E-state index in [4.69, 9.17) is 16.3 Å². The van der Waals surface area contributed by atoms with Gasteiger partial charge in [0.2, 0.25) is 0 Å². The van der Waals surface area contributed by atoms with Gasteiger partial charge in [-0.1, -0.05) is 12.1 Å². The molecule has 2 bridgehead atoms. The minimum Gasteiger partial charge on any atom is -0.316 e. The lowest BCUT2D eigenvalue weighted by atomic mass is 9.35. The summed E-state index contributed by atoms with van der Waals surface area (Å²) in [6.45, 7) is 0. The molecule has 0 spiro atoms. The van der Waals surface area contributed by atoms with E-state index in [0.29, 0.717) is 11.5 Å². The van der Waals surface area contributed by atoms with Crippen molar-refractivity contribution in [3.05, 3.63) is 35.4 Å². The van der Waals surface area contributed by atoms with Crippen LogP contribution in [0.5, 0.6) is 0 Å². The highest BCUT2D eigenvalue weighted by Gasteiger charge is 2.65. The summed E-state index contributed by atoms with van der Waals surface area (Å²) in [4.78, 5) is 0. The number of rotatable bonds is 3. The summed E-state index contributed by atoms with van der Waals surface area (Å²) in [7, 11) is 0. The van der Waals surface area contributed by atoms with Gasteiger partial charge in [0.25, 0.3) is 0 Å². The van der Waals surface area contributed by atoms with E-state index in [0.717, 1.165) is 12.3 Å². The van der Waals surface area contributed by atoms with Crippen molar-refractivity contribution in [2.24, 2.45) is 17.6 Å². The highest BCUT2D eigenvalue weighted by Crippen LogP contribution is 2.70. The smallest absolute Gasteiger partial charge is 0.0991 e. The molecule has 0 heterocycles. The van der Waals surface area contributed by atoms with E-state index in [1.54, 1.807) is 0 Å². The Hall–Kier alpha value is -1.84. The molecule has 1 aromatic rings. The minimum atomic E-state index is -0.337. The lowest BCUT2D eigenvalue weighted by Gasteiger charge is -2.69. The molecule has 1 aromatic carbocycles. The number of benzene rings is 1. The van der Waals surface area contributed by atoms with Gasteiger partial charge in [-0.3, -0.25) is 0 Å². The molecule has 90 valence electrons. The van der Waals surface area contributed by atoms with Crippen LogP contribution in [0.25, 0.3) is 0 Å². The van der Waals surface area contributed by atoms with Gasteiger partial charge >= 0.3 is 0 Å². The number of hydrogen-bond donors (Lipinski definition) is 1. The summed E-state index contributed by atoms with van der Waals surface area (Å²) in [5.74, 6) is 1.33. The van der Waals surface area contributed by atoms with Crippen LogP contribution in [0.4, 0.5) is 0 Å². The SMILES string of the molecule is N#Cc1ccc(C23CC(C2)C3CC(N)C#N)cc1. The highest BCUT2D eigenvalue weighted by atomic mass is 14.7. The predicted octanol–water partition coefficient (Wildman–Crippen LogP) is 2.08. The first-order valence-electron chi connectivity index (χ1n) is 6.35. The quantitative estimate of drug-likeness (QED) is 0.874. The van der Waals surface area contributed by atoms with Crippen molar-refractivity contribution in [1.29, 1.82) is 10.5 Å². The van der Waals surface area contributed by atoms with E-state index in [1.807, 2.05) is 12.1 Å². The molecule has 0 aliphatic heterocycles. The molecular formula is C15H15N3. The van der Waals surface area contributed by atoms with E-state index in [1.165, 1.54) is 18.4 Å². The lowest BCUT2D eigenvalue weighted by molar-refractivity contribution is -0.125. The molecule has 0 aromatic heterocycles. The van der Waals surface area contributed by atoms with E-state index in [9.17, 15) is 0 Å². The third-order valence-corrected chi connectivity index (χ3v) is 4.79. The van der Waals surface area contributed by atoms with Crippen LogP contribution in [-0.2, 0) is 5.41 Å². The Kier molecular flexibility index (Phi) is 2.40. The van der Waals surface area contributed by atoms with Gasteiger partial charge in [0, 0.05) is 0 Å². The summed E-state index contributed by atoms with van der Waals surface area (Å²) in [6, 6.07) is 11.8. The second-order valence-electron chi connectivity index (χ2n) is 5.59. The Morgan fingerprint density at radius 2 is 1.94 bits per heavy atom. The number of nitriles is 2. The van der Waals surface area contributed by atoms with Gasteiger partial charge in [-0.05, 0) is 54.2 Å². The second-order valence-corrected chi connectivity index (χ2v) is 5.59. The Morgan fingerprint density at radius 1 is 1.28 bits per heavy atom. The average molecular weight is 237 g/mol. The van der Waals surface area contributed by atoms with Crippen LogP contribution in [-0.4, -0.2) is 6.04 Å². The maximum atomic E-state index is 8.82. The van der Waals surface area contributed by atoms with Gasteiger partial charge in [-0.2, -0.15) is 10.5 Å². The molecule has 3 saturated carbocycles. The average Bonchev–Trinajstić information content (AvgIpc) is 2.35. The molecule has 0 saturated heterocycles. The van der Waals surface area contributed by atoms with Crippen molar-refractivity contribution in [1.82, 2.24) is 0 Å². The topological polar surface area (TPSA) is 73.6 Å². The normalized spacial score (nSPS) is 33.5. The number of nitrogens with two attached hydrogens (primary N) is 1. The minimum absolute atomic E-state index is 0.257. The van der Waals surface area contributed by atoms with Gasteiger partial charge < -0.3 is 5.73 Å². The Morgan fingerprint density at radius 3 is 2.39 bits per heavy atom. The zero-order chi connectivity index (χ0) is 12.8. The molecule has 2 atom stereocenters. The monoisotopic (exact) mass is 237 g/mol. The summed E-state index contributed by atoms with van der Waals surface area (Å²) in [6.07, 6.45) is 3.25. The first-order valence-corrected chi connectivity index (χ1v) is 6.35. The lowest BCUT2D eigenvalue weighted by Crippen LogP contribution is -2.65. The van der Waals surface area contributed by atoms with E-state index in [-0.39, 0.29) is 11.5 Å². The van der Waals surface area contributed by atoms with E-state index in [2.05, 4.69) is 24.3 Å². The summed E-state index contributed by atoms with van der Waals surface area (Å²) < 4.78 is 0. The van der Waals surface area contributed by atoms with Gasteiger partial charge in [-0.25, -0.2) is 0 Å².